The zero-order valence-corrected chi connectivity index (χ0v) is 7.43. The second kappa shape index (κ2) is 3.71. The lowest BCUT2D eigenvalue weighted by Crippen LogP contribution is -2.32. The fourth-order valence-corrected chi connectivity index (χ4v) is 1.76. The lowest BCUT2D eigenvalue weighted by molar-refractivity contribution is 0.190. The fraction of sp³-hybridized carbons (Fsp3) is 0.714. The van der Waals surface area contributed by atoms with E-state index >= 15 is 0 Å². The van der Waals surface area contributed by atoms with E-state index in [1.807, 2.05) is 0 Å². The first kappa shape index (κ1) is 9.25. The predicted octanol–water partition coefficient (Wildman–Crippen LogP) is 0.709. The lowest BCUT2D eigenvalue weighted by atomic mass is 10.1. The smallest absolute Gasteiger partial charge is 0.404 e. The molecule has 0 aromatic carbocycles. The molecule has 12 heavy (non-hydrogen) atoms. The molecule has 0 unspecified atom stereocenters. The molecule has 1 aliphatic carbocycles. The van der Waals surface area contributed by atoms with Crippen molar-refractivity contribution in [1.82, 2.24) is 5.32 Å². The summed E-state index contributed by atoms with van der Waals surface area (Å²) >= 11 is 4.82. The number of nitrogens with one attached hydrogen (secondary N) is 1. The van der Waals surface area contributed by atoms with Gasteiger partial charge in [0.1, 0.15) is 0 Å². The van der Waals surface area contributed by atoms with E-state index in [2.05, 4.69) is 5.32 Å². The number of nitrogens with two attached hydrogens (primary N) is 1. The second-order valence-corrected chi connectivity index (χ2v) is 3.53. The monoisotopic (exact) mass is 188 g/mol. The first-order valence-corrected chi connectivity index (χ1v) is 4.29. The summed E-state index contributed by atoms with van der Waals surface area (Å²) in [7, 11) is 0. The molecule has 1 fully saturated rings. The number of hydrogen-bond acceptors (Lipinski definition) is 2. The van der Waals surface area contributed by atoms with Gasteiger partial charge in [-0.2, -0.15) is 0 Å². The van der Waals surface area contributed by atoms with E-state index < -0.39 is 6.09 Å². The molecule has 4 nitrogen and oxygen atoms in total. The summed E-state index contributed by atoms with van der Waals surface area (Å²) in [5, 5.41) is 10.9. The van der Waals surface area contributed by atoms with Crippen LogP contribution in [0.3, 0.4) is 0 Å². The van der Waals surface area contributed by atoms with Gasteiger partial charge in [0.05, 0.1) is 4.99 Å². The third-order valence-corrected chi connectivity index (χ3v) is 2.50. The highest BCUT2D eigenvalue weighted by molar-refractivity contribution is 7.80. The molecule has 1 amide bonds. The van der Waals surface area contributed by atoms with Gasteiger partial charge < -0.3 is 16.2 Å². The van der Waals surface area contributed by atoms with Crippen LogP contribution in [0.2, 0.25) is 0 Å². The first-order valence-electron chi connectivity index (χ1n) is 3.88. The van der Waals surface area contributed by atoms with Gasteiger partial charge in [0, 0.05) is 12.0 Å². The summed E-state index contributed by atoms with van der Waals surface area (Å²) in [5.41, 5.74) is 5.45. The Morgan fingerprint density at radius 3 is 2.67 bits per heavy atom. The second-order valence-electron chi connectivity index (χ2n) is 3.06. The summed E-state index contributed by atoms with van der Waals surface area (Å²) in [6.07, 6.45) is 1.53. The fourth-order valence-electron chi connectivity index (χ4n) is 1.55. The topological polar surface area (TPSA) is 75.3 Å². The third kappa shape index (κ3) is 2.34. The van der Waals surface area contributed by atoms with E-state index in [1.54, 1.807) is 0 Å². The molecule has 5 heteroatoms. The van der Waals surface area contributed by atoms with Crippen molar-refractivity contribution in [3.63, 3.8) is 0 Å². The Balaban J connectivity index is 2.35. The summed E-state index contributed by atoms with van der Waals surface area (Å²) in [4.78, 5) is 10.8. The average Bonchev–Trinajstić information content (AvgIpc) is 2.34. The Labute approximate surface area is 76.1 Å². The highest BCUT2D eigenvalue weighted by Gasteiger charge is 2.27. The zero-order valence-electron chi connectivity index (χ0n) is 6.62. The normalized spacial score (nSPS) is 28.3. The molecule has 0 bridgehead atoms. The number of carbonyl (C=O) groups is 1. The molecule has 0 aromatic rings. The van der Waals surface area contributed by atoms with Crippen LogP contribution < -0.4 is 11.1 Å². The number of thiocarbonyl (C=S) groups is 1. The van der Waals surface area contributed by atoms with Crippen LogP contribution in [0.25, 0.3) is 0 Å². The molecule has 68 valence electrons. The molecule has 2 atom stereocenters. The molecular formula is C7H12N2O2S. The highest BCUT2D eigenvalue weighted by Crippen LogP contribution is 2.25. The van der Waals surface area contributed by atoms with Crippen LogP contribution in [0.5, 0.6) is 0 Å². The highest BCUT2D eigenvalue weighted by atomic mass is 32.1. The predicted molar refractivity (Wildman–Crippen MR) is 49.1 cm³/mol. The van der Waals surface area contributed by atoms with Crippen molar-refractivity contribution >= 4 is 23.3 Å². The molecule has 0 radical (unpaired) electrons. The van der Waals surface area contributed by atoms with Crippen molar-refractivity contribution in [1.29, 1.82) is 0 Å². The van der Waals surface area contributed by atoms with E-state index in [-0.39, 0.29) is 12.0 Å². The molecule has 1 saturated carbocycles. The molecule has 4 N–H and O–H groups in total. The standard InChI is InChI=1S/C7H12N2O2S/c8-6(12)4-1-2-5(3-4)9-7(10)11/h4-5,9H,1-3H2,(H2,8,12)(H,10,11)/t4-,5+/m0/s1. The maximum Gasteiger partial charge on any atom is 0.404 e. The number of carboxylic acid groups (broad SMARTS) is 1. The maximum absolute atomic E-state index is 10.3. The maximum atomic E-state index is 10.3. The van der Waals surface area contributed by atoms with Gasteiger partial charge in [-0.15, -0.1) is 0 Å². The molecule has 0 aliphatic heterocycles. The van der Waals surface area contributed by atoms with Gasteiger partial charge in [0.15, 0.2) is 0 Å². The summed E-state index contributed by atoms with van der Waals surface area (Å²) in [6.45, 7) is 0. The SMILES string of the molecule is NC(=S)[C@H]1CC[C@@H](NC(=O)O)C1. The van der Waals surface area contributed by atoms with E-state index in [1.165, 1.54) is 0 Å². The van der Waals surface area contributed by atoms with Gasteiger partial charge in [-0.3, -0.25) is 0 Å². The number of hydrogen-bond donors (Lipinski definition) is 3. The molecule has 0 aromatic heterocycles. The molecule has 1 rings (SSSR count). The minimum absolute atomic E-state index is 0.0361. The van der Waals surface area contributed by atoms with E-state index in [9.17, 15) is 4.79 Å². The van der Waals surface area contributed by atoms with Crippen molar-refractivity contribution in [2.45, 2.75) is 25.3 Å². The van der Waals surface area contributed by atoms with E-state index in [0.29, 0.717) is 4.99 Å². The summed E-state index contributed by atoms with van der Waals surface area (Å²) in [5.74, 6) is 0.219. The van der Waals surface area contributed by atoms with Crippen molar-refractivity contribution < 1.29 is 9.90 Å². The van der Waals surface area contributed by atoms with Crippen molar-refractivity contribution in [2.75, 3.05) is 0 Å². The Bertz CT molecular complexity index is 208. The largest absolute Gasteiger partial charge is 0.465 e. The third-order valence-electron chi connectivity index (χ3n) is 2.16. The minimum atomic E-state index is -0.969. The van der Waals surface area contributed by atoms with Crippen molar-refractivity contribution in [3.8, 4) is 0 Å². The van der Waals surface area contributed by atoms with Crippen LogP contribution in [-0.4, -0.2) is 22.2 Å². The van der Waals surface area contributed by atoms with Crippen LogP contribution in [0.4, 0.5) is 4.79 Å². The van der Waals surface area contributed by atoms with Gasteiger partial charge in [0.25, 0.3) is 0 Å². The van der Waals surface area contributed by atoms with Gasteiger partial charge in [0.2, 0.25) is 0 Å². The van der Waals surface area contributed by atoms with Crippen LogP contribution in [0.1, 0.15) is 19.3 Å². The Morgan fingerprint density at radius 1 is 1.58 bits per heavy atom. The van der Waals surface area contributed by atoms with Crippen LogP contribution in [-0.2, 0) is 0 Å². The minimum Gasteiger partial charge on any atom is -0.465 e. The number of amides is 1. The molecule has 0 spiro atoms. The van der Waals surface area contributed by atoms with Gasteiger partial charge in [-0.05, 0) is 19.3 Å². The van der Waals surface area contributed by atoms with E-state index in [4.69, 9.17) is 23.1 Å². The molecule has 0 saturated heterocycles. The van der Waals surface area contributed by atoms with E-state index in [0.717, 1.165) is 19.3 Å². The van der Waals surface area contributed by atoms with Gasteiger partial charge in [-0.1, -0.05) is 12.2 Å². The van der Waals surface area contributed by atoms with Gasteiger partial charge >= 0.3 is 6.09 Å². The molecular weight excluding hydrogens is 176 g/mol. The van der Waals surface area contributed by atoms with Crippen LogP contribution in [0, 0.1) is 5.92 Å². The lowest BCUT2D eigenvalue weighted by Gasteiger charge is -2.09. The Kier molecular flexibility index (Phi) is 2.86. The van der Waals surface area contributed by atoms with Crippen LogP contribution in [0.15, 0.2) is 0 Å². The Hall–Kier alpha value is -0.840. The summed E-state index contributed by atoms with van der Waals surface area (Å²) < 4.78 is 0. The quantitative estimate of drug-likeness (QED) is 0.558. The first-order chi connectivity index (χ1) is 5.59. The number of rotatable bonds is 2. The van der Waals surface area contributed by atoms with Crippen molar-refractivity contribution in [2.24, 2.45) is 11.7 Å². The average molecular weight is 188 g/mol. The zero-order chi connectivity index (χ0) is 9.14. The van der Waals surface area contributed by atoms with Crippen molar-refractivity contribution in [3.05, 3.63) is 0 Å². The molecule has 1 aliphatic rings. The van der Waals surface area contributed by atoms with Gasteiger partial charge in [-0.25, -0.2) is 4.79 Å². The summed E-state index contributed by atoms with van der Waals surface area (Å²) in [6, 6.07) is 0.0361. The molecule has 0 heterocycles. The Morgan fingerprint density at radius 2 is 2.25 bits per heavy atom. The van der Waals surface area contributed by atoms with Crippen LogP contribution >= 0.6 is 12.2 Å².